The van der Waals surface area contributed by atoms with Crippen molar-refractivity contribution in [3.05, 3.63) is 78.6 Å². The smallest absolute Gasteiger partial charge is 0.227 e. The number of nitrogens with zero attached hydrogens (tertiary/aromatic N) is 6. The van der Waals surface area contributed by atoms with Gasteiger partial charge in [0.1, 0.15) is 5.69 Å². The van der Waals surface area contributed by atoms with Crippen LogP contribution in [0.15, 0.2) is 71.6 Å². The largest absolute Gasteiger partial charge is 0.341 e. The molecule has 1 amide bonds. The molecule has 0 unspecified atom stereocenters. The zero-order valence-electron chi connectivity index (χ0n) is 16.0. The number of rotatable bonds is 7. The van der Waals surface area contributed by atoms with Gasteiger partial charge in [0.25, 0.3) is 0 Å². The van der Waals surface area contributed by atoms with E-state index in [1.807, 2.05) is 54.7 Å². The van der Waals surface area contributed by atoms with Crippen molar-refractivity contribution in [2.75, 3.05) is 7.05 Å². The molecule has 3 heterocycles. The molecule has 0 aliphatic heterocycles. The van der Waals surface area contributed by atoms with Crippen LogP contribution in [0.5, 0.6) is 0 Å². The third-order valence-corrected chi connectivity index (χ3v) is 4.42. The molecule has 3 aromatic heterocycles. The number of benzene rings is 1. The Labute approximate surface area is 167 Å². The van der Waals surface area contributed by atoms with E-state index in [2.05, 4.69) is 20.2 Å². The second kappa shape index (κ2) is 8.47. The van der Waals surface area contributed by atoms with E-state index >= 15 is 0 Å². The average Bonchev–Trinajstić information content (AvgIpc) is 3.43. The van der Waals surface area contributed by atoms with Gasteiger partial charge in [0.05, 0.1) is 11.9 Å². The first-order valence-corrected chi connectivity index (χ1v) is 9.26. The minimum absolute atomic E-state index is 0.00459. The van der Waals surface area contributed by atoms with Crippen LogP contribution >= 0.6 is 0 Å². The van der Waals surface area contributed by atoms with E-state index in [0.29, 0.717) is 30.4 Å². The molecule has 0 N–H and O–H groups in total. The van der Waals surface area contributed by atoms with Crippen molar-refractivity contribution >= 4 is 5.91 Å². The van der Waals surface area contributed by atoms with Crippen LogP contribution in [0.1, 0.15) is 17.9 Å². The van der Waals surface area contributed by atoms with E-state index < -0.39 is 0 Å². The van der Waals surface area contributed by atoms with Gasteiger partial charge < -0.3 is 9.42 Å². The Morgan fingerprint density at radius 1 is 1.14 bits per heavy atom. The zero-order valence-corrected chi connectivity index (χ0v) is 16.0. The molecule has 0 fully saturated rings. The number of aryl methyl sites for hydroxylation is 1. The second-order valence-electron chi connectivity index (χ2n) is 6.61. The van der Waals surface area contributed by atoms with Crippen molar-refractivity contribution in [3.63, 3.8) is 0 Å². The van der Waals surface area contributed by atoms with Crippen LogP contribution in [0.2, 0.25) is 0 Å². The Morgan fingerprint density at radius 2 is 1.97 bits per heavy atom. The van der Waals surface area contributed by atoms with E-state index in [4.69, 9.17) is 4.52 Å². The highest BCUT2D eigenvalue weighted by molar-refractivity contribution is 5.76. The summed E-state index contributed by atoms with van der Waals surface area (Å²) < 4.78 is 7.03. The van der Waals surface area contributed by atoms with Gasteiger partial charge in [-0.2, -0.15) is 10.1 Å². The molecule has 29 heavy (non-hydrogen) atoms. The number of aromatic nitrogens is 5. The maximum Gasteiger partial charge on any atom is 0.227 e. The molecule has 0 saturated carbocycles. The molecule has 0 aliphatic carbocycles. The highest BCUT2D eigenvalue weighted by Gasteiger charge is 2.14. The Morgan fingerprint density at radius 3 is 2.76 bits per heavy atom. The first-order chi connectivity index (χ1) is 14.2. The molecule has 0 spiro atoms. The van der Waals surface area contributed by atoms with Crippen LogP contribution in [0.3, 0.4) is 0 Å². The molecule has 0 bridgehead atoms. The van der Waals surface area contributed by atoms with Crippen LogP contribution in [0.4, 0.5) is 0 Å². The van der Waals surface area contributed by atoms with Crippen LogP contribution in [-0.2, 0) is 17.8 Å². The minimum atomic E-state index is -0.00459. The van der Waals surface area contributed by atoms with Crippen LogP contribution in [-0.4, -0.2) is 42.8 Å². The fourth-order valence-electron chi connectivity index (χ4n) is 2.89. The fraction of sp³-hybridized carbons (Fsp3) is 0.190. The van der Waals surface area contributed by atoms with Crippen LogP contribution < -0.4 is 0 Å². The maximum atomic E-state index is 12.5. The van der Waals surface area contributed by atoms with Gasteiger partial charge in [-0.15, -0.1) is 0 Å². The van der Waals surface area contributed by atoms with Gasteiger partial charge >= 0.3 is 0 Å². The summed E-state index contributed by atoms with van der Waals surface area (Å²) in [4.78, 5) is 22.6. The van der Waals surface area contributed by atoms with Crippen molar-refractivity contribution in [1.82, 2.24) is 29.8 Å². The third-order valence-electron chi connectivity index (χ3n) is 4.42. The molecule has 8 heteroatoms. The number of carbonyl (C=O) groups excluding carboxylic acids is 1. The molecule has 8 nitrogen and oxygen atoms in total. The Kier molecular flexibility index (Phi) is 5.42. The van der Waals surface area contributed by atoms with E-state index in [1.54, 1.807) is 29.0 Å². The molecule has 0 radical (unpaired) electrons. The monoisotopic (exact) mass is 388 g/mol. The Bertz CT molecular complexity index is 1070. The number of hydrogen-bond donors (Lipinski definition) is 0. The lowest BCUT2D eigenvalue weighted by Gasteiger charge is -2.15. The molecular weight excluding hydrogens is 368 g/mol. The van der Waals surface area contributed by atoms with Gasteiger partial charge in [0.2, 0.25) is 17.6 Å². The molecule has 1 aromatic carbocycles. The summed E-state index contributed by atoms with van der Waals surface area (Å²) in [6.07, 6.45) is 6.04. The molecule has 0 aliphatic rings. The second-order valence-corrected chi connectivity index (χ2v) is 6.61. The number of amides is 1. The molecule has 0 saturated heterocycles. The number of hydrogen-bond acceptors (Lipinski definition) is 6. The highest BCUT2D eigenvalue weighted by atomic mass is 16.5. The summed E-state index contributed by atoms with van der Waals surface area (Å²) in [6, 6.07) is 15.3. The van der Waals surface area contributed by atoms with E-state index in [0.717, 1.165) is 11.3 Å². The summed E-state index contributed by atoms with van der Waals surface area (Å²) in [7, 11) is 1.77. The first kappa shape index (κ1) is 18.5. The molecular formula is C21H20N6O2. The Balaban J connectivity index is 1.31. The number of pyridine rings is 1. The first-order valence-electron chi connectivity index (χ1n) is 9.26. The van der Waals surface area contributed by atoms with E-state index in [1.165, 1.54) is 0 Å². The minimum Gasteiger partial charge on any atom is -0.341 e. The lowest BCUT2D eigenvalue weighted by Crippen LogP contribution is -2.26. The van der Waals surface area contributed by atoms with Crippen molar-refractivity contribution in [1.29, 1.82) is 0 Å². The van der Waals surface area contributed by atoms with Gasteiger partial charge in [-0.3, -0.25) is 9.78 Å². The van der Waals surface area contributed by atoms with Crippen LogP contribution in [0, 0.1) is 0 Å². The Hall–Kier alpha value is -3.81. The molecule has 4 rings (SSSR count). The predicted molar refractivity (Wildman–Crippen MR) is 106 cm³/mol. The molecule has 0 atom stereocenters. The molecule has 146 valence electrons. The van der Waals surface area contributed by atoms with Crippen molar-refractivity contribution in [2.24, 2.45) is 0 Å². The fourth-order valence-corrected chi connectivity index (χ4v) is 2.89. The van der Waals surface area contributed by atoms with Gasteiger partial charge in [-0.1, -0.05) is 29.4 Å². The maximum absolute atomic E-state index is 12.5. The summed E-state index contributed by atoms with van der Waals surface area (Å²) in [5, 5.41) is 8.29. The zero-order chi connectivity index (χ0) is 20.1. The summed E-state index contributed by atoms with van der Waals surface area (Å²) >= 11 is 0. The molecule has 4 aromatic rings. The van der Waals surface area contributed by atoms with Gasteiger partial charge in [-0.05, 0) is 24.3 Å². The number of para-hydroxylation sites is 1. The average molecular weight is 388 g/mol. The van der Waals surface area contributed by atoms with E-state index in [9.17, 15) is 4.79 Å². The van der Waals surface area contributed by atoms with Gasteiger partial charge in [0.15, 0.2) is 0 Å². The summed E-state index contributed by atoms with van der Waals surface area (Å²) in [6.45, 7) is 0.481. The standard InChI is InChI=1S/C21H20N6O2/c1-26(14-16-13-23-27(15-16)17-7-3-2-4-8-17)20(28)11-10-19-24-21(25-29-19)18-9-5-6-12-22-18/h2-9,12-13,15H,10-11,14H2,1H3. The predicted octanol–water partition coefficient (Wildman–Crippen LogP) is 2.91. The lowest BCUT2D eigenvalue weighted by molar-refractivity contribution is -0.130. The van der Waals surface area contributed by atoms with Crippen molar-refractivity contribution in [3.8, 4) is 17.2 Å². The quantitative estimate of drug-likeness (QED) is 0.484. The van der Waals surface area contributed by atoms with Gasteiger partial charge in [-0.25, -0.2) is 4.68 Å². The summed E-state index contributed by atoms with van der Waals surface area (Å²) in [5.74, 6) is 0.842. The topological polar surface area (TPSA) is 89.9 Å². The number of carbonyl (C=O) groups is 1. The normalized spacial score (nSPS) is 10.8. The van der Waals surface area contributed by atoms with E-state index in [-0.39, 0.29) is 12.3 Å². The third kappa shape index (κ3) is 4.55. The van der Waals surface area contributed by atoms with Gasteiger partial charge in [0, 0.05) is 44.4 Å². The summed E-state index contributed by atoms with van der Waals surface area (Å²) in [5.41, 5.74) is 2.58. The highest BCUT2D eigenvalue weighted by Crippen LogP contribution is 2.14. The van der Waals surface area contributed by atoms with Crippen LogP contribution in [0.25, 0.3) is 17.2 Å². The van der Waals surface area contributed by atoms with Crippen molar-refractivity contribution in [2.45, 2.75) is 19.4 Å². The SMILES string of the molecule is CN(Cc1cnn(-c2ccccc2)c1)C(=O)CCc1nc(-c2ccccn2)no1. The lowest BCUT2D eigenvalue weighted by atomic mass is 10.2. The van der Waals surface area contributed by atoms with Crippen molar-refractivity contribution < 1.29 is 9.32 Å².